The fourth-order valence-electron chi connectivity index (χ4n) is 3.17. The van der Waals surface area contributed by atoms with Gasteiger partial charge in [-0.3, -0.25) is 0 Å². The van der Waals surface area contributed by atoms with E-state index < -0.39 is 6.67 Å². The molecule has 0 bridgehead atoms. The van der Waals surface area contributed by atoms with Crippen LogP contribution in [0.3, 0.4) is 0 Å². The zero-order chi connectivity index (χ0) is 21.4. The molecule has 2 aromatic heterocycles. The van der Waals surface area contributed by atoms with E-state index in [1.54, 1.807) is 12.1 Å². The third kappa shape index (κ3) is 4.59. The molecule has 2 N–H and O–H groups in total. The van der Waals surface area contributed by atoms with Gasteiger partial charge in [0.1, 0.15) is 17.2 Å². The van der Waals surface area contributed by atoms with Crippen molar-refractivity contribution < 1.29 is 4.39 Å². The Labute approximate surface area is 192 Å². The smallest absolute Gasteiger partial charge is 0.226 e. The predicted octanol–water partition coefficient (Wildman–Crippen LogP) is 6.77. The Bertz CT molecular complexity index is 1220. The normalized spacial score (nSPS) is 13.5. The largest absolute Gasteiger partial charge is 0.351 e. The molecule has 1 saturated carbocycles. The van der Waals surface area contributed by atoms with Crippen molar-refractivity contribution in [3.63, 3.8) is 0 Å². The second-order valence-corrected chi connectivity index (χ2v) is 9.28. The molecule has 5 nitrogen and oxygen atoms in total. The lowest BCUT2D eigenvalue weighted by atomic mass is 10.1. The van der Waals surface area contributed by atoms with Crippen LogP contribution in [0, 0.1) is 0 Å². The van der Waals surface area contributed by atoms with Crippen LogP contribution in [-0.4, -0.2) is 21.0 Å². The molecule has 5 rings (SSSR count). The van der Waals surface area contributed by atoms with Crippen LogP contribution in [0.2, 0.25) is 10.0 Å². The van der Waals surface area contributed by atoms with Crippen molar-refractivity contribution in [3.05, 3.63) is 68.6 Å². The quantitative estimate of drug-likeness (QED) is 0.310. The zero-order valence-corrected chi connectivity index (χ0v) is 18.7. The Morgan fingerprint density at radius 3 is 2.42 bits per heavy atom. The van der Waals surface area contributed by atoms with E-state index in [9.17, 15) is 4.39 Å². The van der Waals surface area contributed by atoms with E-state index in [1.165, 1.54) is 11.3 Å². The molecule has 0 radical (unpaired) electrons. The lowest BCUT2D eigenvalue weighted by Gasteiger charge is -2.09. The van der Waals surface area contributed by atoms with Gasteiger partial charge < -0.3 is 10.6 Å². The topological polar surface area (TPSA) is 62.7 Å². The first-order valence-corrected chi connectivity index (χ1v) is 11.4. The highest BCUT2D eigenvalue weighted by atomic mass is 35.5. The number of anilines is 3. The summed E-state index contributed by atoms with van der Waals surface area (Å²) in [7, 11) is 0. The molecule has 0 saturated heterocycles. The summed E-state index contributed by atoms with van der Waals surface area (Å²) in [6.45, 7) is -0.493. The summed E-state index contributed by atoms with van der Waals surface area (Å²) in [5.41, 5.74) is 2.95. The van der Waals surface area contributed by atoms with Gasteiger partial charge in [0.05, 0.1) is 0 Å². The summed E-state index contributed by atoms with van der Waals surface area (Å²) in [6.07, 6.45) is 2.75. The Morgan fingerprint density at radius 1 is 1.00 bits per heavy atom. The molecule has 0 amide bonds. The van der Waals surface area contributed by atoms with Crippen LogP contribution < -0.4 is 10.6 Å². The number of benzene rings is 2. The highest BCUT2D eigenvalue weighted by Gasteiger charge is 2.23. The lowest BCUT2D eigenvalue weighted by molar-refractivity contribution is 0.485. The maximum absolute atomic E-state index is 12.8. The van der Waals surface area contributed by atoms with Gasteiger partial charge in [0, 0.05) is 28.2 Å². The average molecular weight is 474 g/mol. The Morgan fingerprint density at radius 2 is 1.74 bits per heavy atom. The van der Waals surface area contributed by atoms with Gasteiger partial charge in [-0.1, -0.05) is 52.7 Å². The molecule has 1 aliphatic rings. The number of halogens is 3. The highest BCUT2D eigenvalue weighted by Crippen LogP contribution is 2.34. The molecular formula is C22H18Cl2FN5S. The number of aromatic nitrogens is 3. The molecule has 1 fully saturated rings. The van der Waals surface area contributed by atoms with E-state index in [4.69, 9.17) is 28.2 Å². The lowest BCUT2D eigenvalue weighted by Crippen LogP contribution is -2.07. The monoisotopic (exact) mass is 473 g/mol. The van der Waals surface area contributed by atoms with Crippen molar-refractivity contribution in [2.45, 2.75) is 32.0 Å². The minimum atomic E-state index is -0.493. The molecule has 0 aliphatic heterocycles. The van der Waals surface area contributed by atoms with Crippen molar-refractivity contribution in [2.75, 3.05) is 10.6 Å². The molecule has 2 aromatic carbocycles. The number of rotatable bonds is 7. The number of nitrogens with zero attached hydrogens (tertiary/aromatic N) is 3. The van der Waals surface area contributed by atoms with Gasteiger partial charge in [0.2, 0.25) is 5.95 Å². The fraction of sp³-hybridized carbons (Fsp3) is 0.227. The van der Waals surface area contributed by atoms with Crippen LogP contribution >= 0.6 is 34.5 Å². The van der Waals surface area contributed by atoms with E-state index >= 15 is 0 Å². The SMILES string of the molecule is FCc1ccc(Nc2nc(NC3CC3)nc3sc(Cc4c(Cl)cccc4Cl)nc23)cc1. The van der Waals surface area contributed by atoms with Gasteiger partial charge in [0.25, 0.3) is 0 Å². The van der Waals surface area contributed by atoms with E-state index in [0.29, 0.717) is 45.4 Å². The van der Waals surface area contributed by atoms with E-state index in [-0.39, 0.29) is 0 Å². The first-order chi connectivity index (χ1) is 15.1. The van der Waals surface area contributed by atoms with E-state index in [2.05, 4.69) is 20.6 Å². The van der Waals surface area contributed by atoms with Crippen molar-refractivity contribution in [1.82, 2.24) is 15.0 Å². The first-order valence-electron chi connectivity index (χ1n) is 9.88. The van der Waals surface area contributed by atoms with Gasteiger partial charge in [-0.25, -0.2) is 14.4 Å². The summed E-state index contributed by atoms with van der Waals surface area (Å²) < 4.78 is 12.8. The van der Waals surface area contributed by atoms with Gasteiger partial charge in [0.15, 0.2) is 10.6 Å². The third-order valence-corrected chi connectivity index (χ3v) is 6.63. The Balaban J connectivity index is 1.52. The Hall–Kier alpha value is -2.48. The molecule has 31 heavy (non-hydrogen) atoms. The summed E-state index contributed by atoms with van der Waals surface area (Å²) in [6, 6.07) is 13.0. The van der Waals surface area contributed by atoms with E-state index in [0.717, 1.165) is 33.9 Å². The summed E-state index contributed by atoms with van der Waals surface area (Å²) in [5, 5.41) is 8.73. The molecule has 9 heteroatoms. The summed E-state index contributed by atoms with van der Waals surface area (Å²) in [4.78, 5) is 14.9. The molecular weight excluding hydrogens is 456 g/mol. The number of alkyl halides is 1. The van der Waals surface area contributed by atoms with Crippen molar-refractivity contribution >= 4 is 62.3 Å². The molecule has 0 atom stereocenters. The maximum Gasteiger partial charge on any atom is 0.226 e. The minimum Gasteiger partial charge on any atom is -0.351 e. The van der Waals surface area contributed by atoms with Gasteiger partial charge >= 0.3 is 0 Å². The summed E-state index contributed by atoms with van der Waals surface area (Å²) in [5.74, 6) is 1.18. The first kappa shape index (κ1) is 20.4. The number of thiazole rings is 1. The third-order valence-electron chi connectivity index (χ3n) is 4.97. The van der Waals surface area contributed by atoms with Crippen LogP contribution in [0.25, 0.3) is 10.3 Å². The highest BCUT2D eigenvalue weighted by molar-refractivity contribution is 7.18. The number of nitrogens with one attached hydrogen (secondary N) is 2. The van der Waals surface area contributed by atoms with Gasteiger partial charge in [-0.2, -0.15) is 4.98 Å². The van der Waals surface area contributed by atoms with E-state index in [1.807, 2.05) is 30.3 Å². The molecule has 1 aliphatic carbocycles. The van der Waals surface area contributed by atoms with Gasteiger partial charge in [-0.05, 0) is 48.2 Å². The van der Waals surface area contributed by atoms with Crippen LogP contribution in [0.15, 0.2) is 42.5 Å². The standard InChI is InChI=1S/C22H18Cl2FN5S/c23-16-2-1-3-17(24)15(16)10-18-28-19-20(26-13-6-4-12(11-25)5-7-13)29-22(27-14-8-9-14)30-21(19)31-18/h1-7,14H,8-11H2,(H2,26,27,29,30). The second-order valence-electron chi connectivity index (χ2n) is 7.41. The molecule has 0 spiro atoms. The van der Waals surface area contributed by atoms with Crippen LogP contribution in [0.4, 0.5) is 21.8 Å². The fourth-order valence-corrected chi connectivity index (χ4v) is 4.65. The number of fused-ring (bicyclic) bond motifs is 1. The number of hydrogen-bond acceptors (Lipinski definition) is 6. The molecule has 4 aromatic rings. The molecule has 2 heterocycles. The minimum absolute atomic E-state index is 0.420. The molecule has 0 unspecified atom stereocenters. The zero-order valence-electron chi connectivity index (χ0n) is 16.3. The van der Waals surface area contributed by atoms with Crippen molar-refractivity contribution in [3.8, 4) is 0 Å². The Kier molecular flexibility index (Phi) is 5.65. The van der Waals surface area contributed by atoms with Gasteiger partial charge in [-0.15, -0.1) is 0 Å². The number of hydrogen-bond donors (Lipinski definition) is 2. The van der Waals surface area contributed by atoms with Crippen molar-refractivity contribution in [2.24, 2.45) is 0 Å². The second kappa shape index (κ2) is 8.57. The van der Waals surface area contributed by atoms with Crippen LogP contribution in [0.1, 0.15) is 29.0 Å². The summed E-state index contributed by atoms with van der Waals surface area (Å²) >= 11 is 14.2. The maximum atomic E-state index is 12.8. The molecule has 158 valence electrons. The average Bonchev–Trinajstić information content (AvgIpc) is 3.48. The van der Waals surface area contributed by atoms with Crippen molar-refractivity contribution in [1.29, 1.82) is 0 Å². The predicted molar refractivity (Wildman–Crippen MR) is 126 cm³/mol. The van der Waals surface area contributed by atoms with Crippen LogP contribution in [-0.2, 0) is 13.1 Å². The van der Waals surface area contributed by atoms with Crippen LogP contribution in [0.5, 0.6) is 0 Å².